The predicted octanol–water partition coefficient (Wildman–Crippen LogP) is 5.78. The maximum absolute atomic E-state index is 12.7. The number of rotatable bonds is 4. The number of amides is 1. The number of anilines is 1. The summed E-state index contributed by atoms with van der Waals surface area (Å²) in [6, 6.07) is 18.7. The van der Waals surface area contributed by atoms with E-state index in [0.717, 1.165) is 11.1 Å². The molecule has 4 aromatic rings. The lowest BCUT2D eigenvalue weighted by Gasteiger charge is -2.09. The fourth-order valence-electron chi connectivity index (χ4n) is 3.15. The minimum Gasteiger partial charge on any atom is -0.507 e. The second-order valence-electron chi connectivity index (χ2n) is 7.05. The Labute approximate surface area is 183 Å². The second-order valence-corrected chi connectivity index (χ2v) is 7.49. The van der Waals surface area contributed by atoms with Gasteiger partial charge in [-0.1, -0.05) is 53.6 Å². The van der Waals surface area contributed by atoms with Crippen molar-refractivity contribution in [3.05, 3.63) is 99.2 Å². The zero-order chi connectivity index (χ0) is 22.0. The molecule has 0 aliphatic heterocycles. The number of fused-ring (bicyclic) bond motifs is 1. The number of phenols is 1. The number of aryl methyl sites for hydroxylation is 1. The van der Waals surface area contributed by atoms with Crippen LogP contribution in [0.4, 0.5) is 5.69 Å². The van der Waals surface area contributed by atoms with E-state index < -0.39 is 11.3 Å². The van der Waals surface area contributed by atoms with E-state index in [-0.39, 0.29) is 28.2 Å². The fraction of sp³-hybridized carbons (Fsp3) is 0.0400. The first-order valence-corrected chi connectivity index (χ1v) is 9.90. The van der Waals surface area contributed by atoms with E-state index >= 15 is 0 Å². The van der Waals surface area contributed by atoms with Gasteiger partial charge >= 0.3 is 0 Å². The summed E-state index contributed by atoms with van der Waals surface area (Å²) in [6.07, 6.45) is 3.08. The van der Waals surface area contributed by atoms with Crippen LogP contribution in [-0.4, -0.2) is 11.0 Å². The minimum atomic E-state index is -0.431. The van der Waals surface area contributed by atoms with Gasteiger partial charge in [0.2, 0.25) is 5.91 Å². The molecule has 154 valence electrons. The molecule has 3 aromatic carbocycles. The van der Waals surface area contributed by atoms with E-state index in [0.29, 0.717) is 10.6 Å². The van der Waals surface area contributed by atoms with Gasteiger partial charge in [-0.3, -0.25) is 9.59 Å². The molecule has 31 heavy (non-hydrogen) atoms. The van der Waals surface area contributed by atoms with E-state index in [1.165, 1.54) is 24.3 Å². The Morgan fingerprint density at radius 1 is 1.06 bits per heavy atom. The molecule has 1 amide bonds. The number of carbonyl (C=O) groups excluding carboxylic acids is 1. The van der Waals surface area contributed by atoms with Crippen molar-refractivity contribution in [3.63, 3.8) is 0 Å². The van der Waals surface area contributed by atoms with Crippen molar-refractivity contribution in [2.24, 2.45) is 0 Å². The number of carbonyl (C=O) groups is 1. The van der Waals surface area contributed by atoms with Crippen LogP contribution < -0.4 is 10.7 Å². The van der Waals surface area contributed by atoms with Crippen LogP contribution in [0.2, 0.25) is 5.02 Å². The molecule has 0 aliphatic rings. The number of phenolic OH excluding ortho intramolecular Hbond substituents is 1. The zero-order valence-corrected chi connectivity index (χ0v) is 17.3. The lowest BCUT2D eigenvalue weighted by molar-refractivity contribution is -0.111. The van der Waals surface area contributed by atoms with E-state index in [2.05, 4.69) is 5.32 Å². The molecule has 0 atom stereocenters. The highest BCUT2D eigenvalue weighted by Gasteiger charge is 2.15. The smallest absolute Gasteiger partial charge is 0.248 e. The molecule has 1 aromatic heterocycles. The lowest BCUT2D eigenvalue weighted by atomic mass is 10.1. The van der Waals surface area contributed by atoms with Crippen LogP contribution in [0.5, 0.6) is 5.75 Å². The average molecular weight is 432 g/mol. The van der Waals surface area contributed by atoms with E-state index in [4.69, 9.17) is 16.0 Å². The van der Waals surface area contributed by atoms with Gasteiger partial charge in [-0.2, -0.15) is 0 Å². The molecule has 4 rings (SSSR count). The van der Waals surface area contributed by atoms with Gasteiger partial charge in [0.1, 0.15) is 16.9 Å². The minimum absolute atomic E-state index is 0.00825. The van der Waals surface area contributed by atoms with E-state index in [1.807, 2.05) is 31.2 Å². The molecule has 0 fully saturated rings. The Bertz CT molecular complexity index is 1370. The van der Waals surface area contributed by atoms with E-state index in [1.54, 1.807) is 30.3 Å². The number of nitrogens with one attached hydrogen (secondary N) is 1. The van der Waals surface area contributed by atoms with Crippen LogP contribution in [0.15, 0.2) is 82.0 Å². The molecular weight excluding hydrogens is 414 g/mol. The van der Waals surface area contributed by atoms with Crippen molar-refractivity contribution in [2.45, 2.75) is 6.92 Å². The molecule has 2 N–H and O–H groups in total. The predicted molar refractivity (Wildman–Crippen MR) is 123 cm³/mol. The zero-order valence-electron chi connectivity index (χ0n) is 16.6. The molecule has 0 aliphatic carbocycles. The van der Waals surface area contributed by atoms with Gasteiger partial charge in [0.15, 0.2) is 11.0 Å². The summed E-state index contributed by atoms with van der Waals surface area (Å²) in [6.45, 7) is 1.99. The molecule has 0 saturated heterocycles. The molecule has 5 nitrogen and oxygen atoms in total. The largest absolute Gasteiger partial charge is 0.507 e. The van der Waals surface area contributed by atoms with Crippen LogP contribution in [0.1, 0.15) is 11.1 Å². The third-order valence-electron chi connectivity index (χ3n) is 4.73. The van der Waals surface area contributed by atoms with Gasteiger partial charge in [-0.15, -0.1) is 0 Å². The molecule has 0 saturated carbocycles. The van der Waals surface area contributed by atoms with Gasteiger partial charge in [0, 0.05) is 22.7 Å². The first-order chi connectivity index (χ1) is 14.9. The summed E-state index contributed by atoms with van der Waals surface area (Å²) >= 11 is 6.05. The van der Waals surface area contributed by atoms with Crippen molar-refractivity contribution in [1.29, 1.82) is 0 Å². The highest BCUT2D eigenvalue weighted by molar-refractivity contribution is 6.30. The Hall–Kier alpha value is -3.83. The molecule has 1 heterocycles. The summed E-state index contributed by atoms with van der Waals surface area (Å²) in [5.41, 5.74) is 2.53. The van der Waals surface area contributed by atoms with Gasteiger partial charge in [0.05, 0.1) is 5.69 Å². The lowest BCUT2D eigenvalue weighted by Crippen LogP contribution is -2.10. The molecule has 0 unspecified atom stereocenters. The van der Waals surface area contributed by atoms with Crippen molar-refractivity contribution >= 4 is 40.2 Å². The van der Waals surface area contributed by atoms with Gasteiger partial charge in [-0.25, -0.2) is 0 Å². The van der Waals surface area contributed by atoms with Crippen molar-refractivity contribution in [3.8, 4) is 17.1 Å². The first kappa shape index (κ1) is 20.4. The first-order valence-electron chi connectivity index (χ1n) is 9.52. The third-order valence-corrected chi connectivity index (χ3v) is 4.96. The number of halogens is 1. The third kappa shape index (κ3) is 4.52. The molecule has 0 spiro atoms. The molecular formula is C25H18ClNO4. The highest BCUT2D eigenvalue weighted by Crippen LogP contribution is 2.32. The van der Waals surface area contributed by atoms with Crippen LogP contribution in [0.25, 0.3) is 28.4 Å². The summed E-state index contributed by atoms with van der Waals surface area (Å²) in [5, 5.41) is 13.4. The summed E-state index contributed by atoms with van der Waals surface area (Å²) in [4.78, 5) is 25.1. The molecule has 6 heteroatoms. The normalized spacial score (nSPS) is 11.2. The standard InChI is InChI=1S/C25H18ClNO4/c1-15-5-7-16(8-6-15)9-12-23(30)27-19-10-11-20(28)24-21(29)14-22(31-25(19)24)17-3-2-4-18(26)13-17/h2-14,28H,1H3,(H,27,30)/b12-9+. The van der Waals surface area contributed by atoms with Crippen LogP contribution in [0, 0.1) is 6.92 Å². The summed E-state index contributed by atoms with van der Waals surface area (Å²) in [5.74, 6) is -0.353. The molecule has 0 radical (unpaired) electrons. The van der Waals surface area contributed by atoms with Crippen molar-refractivity contribution < 1.29 is 14.3 Å². The number of hydrogen-bond acceptors (Lipinski definition) is 4. The number of hydrogen-bond donors (Lipinski definition) is 2. The second kappa shape index (κ2) is 8.50. The monoisotopic (exact) mass is 431 g/mol. The summed E-state index contributed by atoms with van der Waals surface area (Å²) in [7, 11) is 0. The van der Waals surface area contributed by atoms with Gasteiger partial charge in [0.25, 0.3) is 0 Å². The Balaban J connectivity index is 1.72. The van der Waals surface area contributed by atoms with Crippen LogP contribution in [-0.2, 0) is 4.79 Å². The molecule has 0 bridgehead atoms. The van der Waals surface area contributed by atoms with Crippen LogP contribution in [0.3, 0.4) is 0 Å². The van der Waals surface area contributed by atoms with Crippen molar-refractivity contribution in [2.75, 3.05) is 5.32 Å². The highest BCUT2D eigenvalue weighted by atomic mass is 35.5. The van der Waals surface area contributed by atoms with Gasteiger partial charge < -0.3 is 14.8 Å². The summed E-state index contributed by atoms with van der Waals surface area (Å²) < 4.78 is 5.92. The fourth-order valence-corrected chi connectivity index (χ4v) is 3.34. The maximum Gasteiger partial charge on any atom is 0.248 e. The van der Waals surface area contributed by atoms with E-state index in [9.17, 15) is 14.7 Å². The Morgan fingerprint density at radius 3 is 2.58 bits per heavy atom. The maximum atomic E-state index is 12.7. The SMILES string of the molecule is Cc1ccc(/C=C/C(=O)Nc2ccc(O)c3c(=O)cc(-c4cccc(Cl)c4)oc23)cc1. The Morgan fingerprint density at radius 2 is 1.84 bits per heavy atom. The quantitative estimate of drug-likeness (QED) is 0.317. The topological polar surface area (TPSA) is 79.5 Å². The Kier molecular flexibility index (Phi) is 5.60. The number of benzene rings is 3. The number of aromatic hydroxyl groups is 1. The van der Waals surface area contributed by atoms with Crippen molar-refractivity contribution in [1.82, 2.24) is 0 Å². The van der Waals surface area contributed by atoms with Crippen LogP contribution >= 0.6 is 11.6 Å². The van der Waals surface area contributed by atoms with Gasteiger partial charge in [-0.05, 0) is 42.8 Å². The average Bonchev–Trinajstić information content (AvgIpc) is 2.75.